The van der Waals surface area contributed by atoms with Gasteiger partial charge in [0.1, 0.15) is 17.1 Å². The Morgan fingerprint density at radius 2 is 1.86 bits per heavy atom. The van der Waals surface area contributed by atoms with Gasteiger partial charge in [0.05, 0.1) is 11.5 Å². The number of aliphatic carboxylic acids is 1. The Bertz CT molecular complexity index is 1310. The first-order valence-corrected chi connectivity index (χ1v) is 12.1. The third-order valence-electron chi connectivity index (χ3n) is 5.67. The number of benzene rings is 2. The highest BCUT2D eigenvalue weighted by Crippen LogP contribution is 2.40. The molecular formula is C24H22N4O8S. The van der Waals surface area contributed by atoms with Gasteiger partial charge >= 0.3 is 11.7 Å². The van der Waals surface area contributed by atoms with Crippen LogP contribution < -0.4 is 15.4 Å². The molecule has 37 heavy (non-hydrogen) atoms. The zero-order chi connectivity index (χ0) is 26.7. The van der Waals surface area contributed by atoms with Crippen molar-refractivity contribution in [3.8, 4) is 5.75 Å². The number of nitro benzene ring substituents is 1. The van der Waals surface area contributed by atoms with E-state index in [4.69, 9.17) is 4.74 Å². The van der Waals surface area contributed by atoms with Crippen LogP contribution in [0.2, 0.25) is 0 Å². The molecule has 192 valence electrons. The third kappa shape index (κ3) is 5.40. The molecule has 2 aromatic carbocycles. The van der Waals surface area contributed by atoms with Crippen molar-refractivity contribution in [2.75, 3.05) is 18.5 Å². The summed E-state index contributed by atoms with van der Waals surface area (Å²) >= 11 is 1.37. The van der Waals surface area contributed by atoms with E-state index in [0.29, 0.717) is 5.69 Å². The molecule has 3 N–H and O–H groups in total. The third-order valence-corrected chi connectivity index (χ3v) is 7.00. The van der Waals surface area contributed by atoms with E-state index in [9.17, 15) is 34.4 Å². The maximum Gasteiger partial charge on any atom is 0.352 e. The van der Waals surface area contributed by atoms with E-state index in [1.165, 1.54) is 42.1 Å². The number of hydrogen-bond donors (Lipinski definition) is 3. The number of nitro groups is 1. The number of nitrogens with one attached hydrogen (secondary N) is 2. The maximum atomic E-state index is 12.8. The number of fused-ring (bicyclic) bond motifs is 1. The molecule has 4 rings (SSSR count). The lowest BCUT2D eigenvalue weighted by Crippen LogP contribution is -2.70. The number of carboxylic acids is 1. The summed E-state index contributed by atoms with van der Waals surface area (Å²) in [7, 11) is 0. The van der Waals surface area contributed by atoms with E-state index in [2.05, 4.69) is 10.6 Å². The van der Waals surface area contributed by atoms with E-state index in [0.717, 1.165) is 4.90 Å². The van der Waals surface area contributed by atoms with E-state index >= 15 is 0 Å². The largest absolute Gasteiger partial charge is 0.478 e. The first-order valence-electron chi connectivity index (χ1n) is 11.1. The van der Waals surface area contributed by atoms with Crippen LogP contribution in [-0.2, 0) is 14.4 Å². The van der Waals surface area contributed by atoms with Crippen molar-refractivity contribution < 1.29 is 33.9 Å². The summed E-state index contributed by atoms with van der Waals surface area (Å²) < 4.78 is 5.38. The van der Waals surface area contributed by atoms with Gasteiger partial charge in [-0.1, -0.05) is 24.3 Å². The summed E-state index contributed by atoms with van der Waals surface area (Å²) in [6, 6.07) is 11.2. The Morgan fingerprint density at radius 3 is 2.59 bits per heavy atom. The minimum absolute atomic E-state index is 0.0410. The molecule has 2 aromatic rings. The van der Waals surface area contributed by atoms with E-state index in [-0.39, 0.29) is 34.5 Å². The lowest BCUT2D eigenvalue weighted by Gasteiger charge is -2.49. The Kier molecular flexibility index (Phi) is 7.43. The predicted molar refractivity (Wildman–Crippen MR) is 133 cm³/mol. The minimum Gasteiger partial charge on any atom is -0.478 e. The first-order chi connectivity index (χ1) is 17.7. The summed E-state index contributed by atoms with van der Waals surface area (Å²) in [5.74, 6) is -2.73. The van der Waals surface area contributed by atoms with Crippen LogP contribution in [0.3, 0.4) is 0 Å². The van der Waals surface area contributed by atoms with Crippen molar-refractivity contribution in [2.24, 2.45) is 0 Å². The number of β-lactam (4-membered cyclic amide) rings is 1. The van der Waals surface area contributed by atoms with Crippen LogP contribution >= 0.6 is 11.8 Å². The van der Waals surface area contributed by atoms with Crippen LogP contribution in [0, 0.1) is 10.1 Å². The summed E-state index contributed by atoms with van der Waals surface area (Å²) in [5.41, 5.74) is 0.194. The molecule has 2 amide bonds. The Hall–Kier alpha value is -4.39. The fourth-order valence-corrected chi connectivity index (χ4v) is 5.29. The van der Waals surface area contributed by atoms with E-state index in [1.807, 2.05) is 6.92 Å². The zero-order valence-electron chi connectivity index (χ0n) is 19.5. The Balaban J connectivity index is 1.35. The number of carbonyl (C=O) groups is 4. The summed E-state index contributed by atoms with van der Waals surface area (Å²) in [6.45, 7) is 1.09. The number of carbonyl (C=O) groups excluding carboxylic acids is 3. The molecule has 2 aliphatic heterocycles. The monoisotopic (exact) mass is 526 g/mol. The highest BCUT2D eigenvalue weighted by Gasteiger charge is 2.53. The van der Waals surface area contributed by atoms with Crippen LogP contribution in [0.15, 0.2) is 60.3 Å². The van der Waals surface area contributed by atoms with Crippen LogP contribution in [0.5, 0.6) is 5.75 Å². The Labute approximate surface area is 214 Å². The van der Waals surface area contributed by atoms with Gasteiger partial charge in [0.25, 0.3) is 5.91 Å². The molecular weight excluding hydrogens is 504 g/mol. The van der Waals surface area contributed by atoms with Crippen LogP contribution in [0.1, 0.15) is 17.3 Å². The molecule has 3 atom stereocenters. The molecule has 0 aliphatic carbocycles. The first kappa shape index (κ1) is 25.7. The van der Waals surface area contributed by atoms with Crippen molar-refractivity contribution in [1.29, 1.82) is 0 Å². The topological polar surface area (TPSA) is 168 Å². The highest BCUT2D eigenvalue weighted by atomic mass is 32.2. The molecule has 2 aliphatic rings. The number of nitrogens with zero attached hydrogens (tertiary/aromatic N) is 2. The summed E-state index contributed by atoms with van der Waals surface area (Å²) in [6.07, 6.45) is 1.49. The number of ketones is 1. The number of thioether (sulfide) groups is 1. The predicted octanol–water partition coefficient (Wildman–Crippen LogP) is 2.03. The SMILES string of the molecule is CC1C=C(C(=O)O)N2C(=O)C(NC(=O)CNc3ccccc3C(=O)COc3ccccc3[N+](=O)[O-])[C@H]2S1. The van der Waals surface area contributed by atoms with Crippen LogP contribution in [-0.4, -0.2) is 68.3 Å². The van der Waals surface area contributed by atoms with Gasteiger partial charge in [-0.2, -0.15) is 0 Å². The molecule has 0 bridgehead atoms. The number of carboxylic acid groups (broad SMARTS) is 1. The molecule has 0 spiro atoms. The average molecular weight is 527 g/mol. The van der Waals surface area contributed by atoms with Crippen molar-refractivity contribution in [3.63, 3.8) is 0 Å². The second-order valence-corrected chi connectivity index (χ2v) is 9.68. The van der Waals surface area contributed by atoms with Crippen molar-refractivity contribution >= 4 is 46.7 Å². The molecule has 0 saturated carbocycles. The molecule has 0 radical (unpaired) electrons. The highest BCUT2D eigenvalue weighted by molar-refractivity contribution is 8.00. The van der Waals surface area contributed by atoms with Gasteiger partial charge in [0.2, 0.25) is 11.7 Å². The van der Waals surface area contributed by atoms with Gasteiger partial charge in [-0.25, -0.2) is 4.79 Å². The number of ether oxygens (including phenoxy) is 1. The van der Waals surface area contributed by atoms with Gasteiger partial charge in [0.15, 0.2) is 12.4 Å². The summed E-state index contributed by atoms with van der Waals surface area (Å²) in [4.78, 5) is 61.0. The van der Waals surface area contributed by atoms with E-state index in [1.54, 1.807) is 24.3 Å². The number of Topliss-reactive ketones (excluding diaryl/α,β-unsaturated/α-hetero) is 1. The van der Waals surface area contributed by atoms with Crippen LogP contribution in [0.4, 0.5) is 11.4 Å². The number of rotatable bonds is 10. The van der Waals surface area contributed by atoms with Crippen LogP contribution in [0.25, 0.3) is 0 Å². The maximum absolute atomic E-state index is 12.8. The van der Waals surface area contributed by atoms with Crippen molar-refractivity contribution in [3.05, 3.63) is 76.0 Å². The van der Waals surface area contributed by atoms with Gasteiger partial charge in [0, 0.05) is 22.6 Å². The van der Waals surface area contributed by atoms with Gasteiger partial charge in [-0.05, 0) is 31.2 Å². The van der Waals surface area contributed by atoms with Crippen molar-refractivity contribution in [2.45, 2.75) is 23.6 Å². The molecule has 0 aromatic heterocycles. The standard InChI is InChI=1S/C24H22N4O8S/c1-13-10-17(24(32)33)27-22(31)21(23(27)37-13)26-20(30)11-25-15-7-3-2-6-14(15)18(29)12-36-19-9-5-4-8-16(19)28(34)35/h2-10,13,21,23,25H,11-12H2,1H3,(H,26,30)(H,32,33)/t13?,21?,23-/m1/s1. The molecule has 12 nitrogen and oxygen atoms in total. The molecule has 1 fully saturated rings. The second-order valence-electron chi connectivity index (χ2n) is 8.18. The smallest absolute Gasteiger partial charge is 0.352 e. The normalized spacial score (nSPS) is 20.1. The quantitative estimate of drug-likeness (QED) is 0.180. The molecule has 2 unspecified atom stereocenters. The Morgan fingerprint density at radius 1 is 1.16 bits per heavy atom. The number of hydrogen-bond acceptors (Lipinski definition) is 9. The zero-order valence-corrected chi connectivity index (χ0v) is 20.3. The lowest BCUT2D eigenvalue weighted by molar-refractivity contribution is -0.385. The number of anilines is 1. The number of amides is 2. The van der Waals surface area contributed by atoms with Gasteiger partial charge < -0.3 is 20.5 Å². The minimum atomic E-state index is -1.20. The molecule has 1 saturated heterocycles. The molecule has 2 heterocycles. The van der Waals surface area contributed by atoms with Gasteiger partial charge in [-0.3, -0.25) is 29.4 Å². The number of para-hydroxylation sites is 3. The van der Waals surface area contributed by atoms with Crippen molar-refractivity contribution in [1.82, 2.24) is 10.2 Å². The second kappa shape index (κ2) is 10.7. The summed E-state index contributed by atoms with van der Waals surface area (Å²) in [5, 5.41) is 25.3. The van der Waals surface area contributed by atoms with Gasteiger partial charge in [-0.15, -0.1) is 11.8 Å². The fourth-order valence-electron chi connectivity index (χ4n) is 3.96. The fraction of sp³-hybridized carbons (Fsp3) is 0.250. The lowest BCUT2D eigenvalue weighted by atomic mass is 10.0. The average Bonchev–Trinajstić information content (AvgIpc) is 2.88. The molecule has 13 heteroatoms. The van der Waals surface area contributed by atoms with E-state index < -0.39 is 46.5 Å².